The Morgan fingerprint density at radius 1 is 1.22 bits per heavy atom. The first kappa shape index (κ1) is 33.8. The molecule has 3 unspecified atom stereocenters. The average Bonchev–Trinajstić information content (AvgIpc) is 3.62. The molecule has 4 heterocycles. The predicted molar refractivity (Wildman–Crippen MR) is 177 cm³/mol. The van der Waals surface area contributed by atoms with Crippen LogP contribution in [0.1, 0.15) is 60.8 Å². The number of benzene rings is 1. The first-order chi connectivity index (χ1) is 20.9. The first-order valence-electron chi connectivity index (χ1n) is 14.9. The molecule has 12 nitrogen and oxygen atoms in total. The highest BCUT2D eigenvalue weighted by atomic mass is 127. The molecule has 2 bridgehead atoms. The van der Waals surface area contributed by atoms with Gasteiger partial charge in [-0.25, -0.2) is 19.0 Å². The number of halogens is 3. The van der Waals surface area contributed by atoms with Crippen molar-refractivity contribution in [2.75, 3.05) is 31.6 Å². The third kappa shape index (κ3) is 6.66. The lowest BCUT2D eigenvalue weighted by atomic mass is 9.78. The number of ether oxygens (including phenoxy) is 3. The van der Waals surface area contributed by atoms with Crippen LogP contribution in [0.15, 0.2) is 10.5 Å². The number of nitro groups is 1. The number of likely N-dealkylation sites (tertiary alicyclic amines) is 1. The van der Waals surface area contributed by atoms with Gasteiger partial charge in [0.05, 0.1) is 21.5 Å². The van der Waals surface area contributed by atoms with Crippen LogP contribution in [0.25, 0.3) is 10.9 Å². The lowest BCUT2D eigenvalue weighted by Gasteiger charge is -2.44. The molecule has 4 fully saturated rings. The van der Waals surface area contributed by atoms with E-state index in [0.717, 1.165) is 19.4 Å². The van der Waals surface area contributed by atoms with Gasteiger partial charge in [0.2, 0.25) is 0 Å². The fraction of sp³-hybridized carbons (Fsp3) is 0.633. The Hall–Kier alpha value is -2.53. The third-order valence-electron chi connectivity index (χ3n) is 8.31. The number of carbonyl (C=O) groups is 2. The molecule has 0 radical (unpaired) electrons. The molecule has 45 heavy (non-hydrogen) atoms. The maximum Gasteiger partial charge on any atom is 0.415 e. The monoisotopic (exact) mass is 805 g/mol. The highest BCUT2D eigenvalue weighted by Crippen LogP contribution is 2.52. The summed E-state index contributed by atoms with van der Waals surface area (Å²) in [7, 11) is 1.94. The van der Waals surface area contributed by atoms with Gasteiger partial charge < -0.3 is 24.0 Å². The summed E-state index contributed by atoms with van der Waals surface area (Å²) in [5.74, 6) is -1.36. The van der Waals surface area contributed by atoms with Crippen molar-refractivity contribution in [1.29, 1.82) is 0 Å². The zero-order chi connectivity index (χ0) is 33.2. The molecule has 1 aliphatic carbocycles. The van der Waals surface area contributed by atoms with Crippen LogP contribution in [-0.2, 0) is 9.47 Å². The van der Waals surface area contributed by atoms with Gasteiger partial charge in [-0.05, 0) is 119 Å². The van der Waals surface area contributed by atoms with Gasteiger partial charge in [0, 0.05) is 27.5 Å². The largest absolute Gasteiger partial charge is 0.471 e. The minimum atomic E-state index is -0.963. The first-order valence-corrected chi connectivity index (χ1v) is 16.8. The van der Waals surface area contributed by atoms with Crippen molar-refractivity contribution >= 4 is 73.0 Å². The van der Waals surface area contributed by atoms with E-state index in [1.165, 1.54) is 4.90 Å². The SMILES string of the molecule is CN1CCC[C@H]1COc1nc2c(F)c(Br)c(I)cc2c(N(C(=O)OC(C)(C)C)C2C3CC2N(C(=O)OC(C)(C)C)C3)c1[N+](=O)[O-]. The van der Waals surface area contributed by atoms with Crippen molar-refractivity contribution in [2.45, 2.75) is 90.1 Å². The molecule has 2 aromatic rings. The van der Waals surface area contributed by atoms with Gasteiger partial charge >= 0.3 is 17.9 Å². The smallest absolute Gasteiger partial charge is 0.415 e. The molecule has 0 spiro atoms. The van der Waals surface area contributed by atoms with E-state index in [9.17, 15) is 19.7 Å². The molecule has 6 rings (SSSR count). The number of carbonyl (C=O) groups excluding carboxylic acids is 2. The lowest BCUT2D eigenvalue weighted by Crippen LogP contribution is -2.58. The molecule has 1 aromatic carbocycles. The Kier molecular flexibility index (Phi) is 9.21. The number of pyridine rings is 1. The Bertz CT molecular complexity index is 1550. The van der Waals surface area contributed by atoms with Crippen LogP contribution in [-0.4, -0.2) is 88.0 Å². The number of nitrogens with zero attached hydrogens (tertiary/aromatic N) is 5. The van der Waals surface area contributed by atoms with E-state index in [4.69, 9.17) is 14.2 Å². The number of hydrogen-bond acceptors (Lipinski definition) is 9. The normalized spacial score (nSPS) is 23.2. The van der Waals surface area contributed by atoms with Gasteiger partial charge in [-0.1, -0.05) is 0 Å². The molecule has 1 saturated carbocycles. The molecular weight excluding hydrogens is 768 g/mol. The number of rotatable bonds is 6. The van der Waals surface area contributed by atoms with Crippen LogP contribution in [0, 0.1) is 25.4 Å². The molecule has 15 heteroatoms. The minimum absolute atomic E-state index is 0.00863. The van der Waals surface area contributed by atoms with Crippen LogP contribution in [0.3, 0.4) is 0 Å². The summed E-state index contributed by atoms with van der Waals surface area (Å²) in [4.78, 5) is 48.9. The van der Waals surface area contributed by atoms with E-state index in [-0.39, 0.29) is 52.1 Å². The number of amides is 2. The van der Waals surface area contributed by atoms with Crippen LogP contribution in [0.2, 0.25) is 0 Å². The van der Waals surface area contributed by atoms with Gasteiger partial charge in [0.15, 0.2) is 5.82 Å². The Balaban J connectivity index is 1.70. The molecule has 3 saturated heterocycles. The lowest BCUT2D eigenvalue weighted by molar-refractivity contribution is -0.385. The Morgan fingerprint density at radius 2 is 1.89 bits per heavy atom. The molecule has 4 atom stereocenters. The van der Waals surface area contributed by atoms with Crippen molar-refractivity contribution in [2.24, 2.45) is 5.92 Å². The summed E-state index contributed by atoms with van der Waals surface area (Å²) < 4.78 is 34.0. The molecular formula is C30H38BrFIN5O7. The van der Waals surface area contributed by atoms with E-state index in [0.29, 0.717) is 9.99 Å². The summed E-state index contributed by atoms with van der Waals surface area (Å²) >= 11 is 5.19. The summed E-state index contributed by atoms with van der Waals surface area (Å²) in [6.07, 6.45) is 0.954. The maximum absolute atomic E-state index is 15.9. The Labute approximate surface area is 283 Å². The third-order valence-corrected chi connectivity index (χ3v) is 10.7. The second kappa shape index (κ2) is 12.2. The van der Waals surface area contributed by atoms with Crippen molar-refractivity contribution < 1.29 is 33.1 Å². The molecule has 1 aromatic heterocycles. The molecule has 246 valence electrons. The summed E-state index contributed by atoms with van der Waals surface area (Å²) in [6, 6.07) is 0.341. The molecule has 2 amide bonds. The highest BCUT2D eigenvalue weighted by Gasteiger charge is 2.60. The van der Waals surface area contributed by atoms with Gasteiger partial charge in [-0.15, -0.1) is 0 Å². The van der Waals surface area contributed by atoms with Crippen LogP contribution in [0.5, 0.6) is 5.88 Å². The molecule has 3 aliphatic heterocycles. The van der Waals surface area contributed by atoms with E-state index in [2.05, 4.69) is 25.8 Å². The second-order valence-corrected chi connectivity index (χ2v) is 15.8. The maximum atomic E-state index is 15.9. The van der Waals surface area contributed by atoms with E-state index in [1.807, 2.05) is 29.6 Å². The zero-order valence-electron chi connectivity index (χ0n) is 26.4. The van der Waals surface area contributed by atoms with Gasteiger partial charge in [0.25, 0.3) is 5.88 Å². The topological polar surface area (TPSA) is 128 Å². The summed E-state index contributed by atoms with van der Waals surface area (Å²) in [6.45, 7) is 11.6. The minimum Gasteiger partial charge on any atom is -0.471 e. The number of likely N-dealkylation sites (N-methyl/N-ethyl adjacent to an activating group) is 1. The van der Waals surface area contributed by atoms with Crippen molar-refractivity contribution in [1.82, 2.24) is 14.8 Å². The number of fused-ring (bicyclic) bond motifs is 2. The molecule has 0 N–H and O–H groups in total. The summed E-state index contributed by atoms with van der Waals surface area (Å²) in [5, 5.41) is 13.0. The number of anilines is 1. The van der Waals surface area contributed by atoms with Gasteiger partial charge in [-0.2, -0.15) is 0 Å². The molecule has 4 aliphatic rings. The highest BCUT2D eigenvalue weighted by molar-refractivity contribution is 14.1. The number of aromatic nitrogens is 1. The Morgan fingerprint density at radius 3 is 2.47 bits per heavy atom. The van der Waals surface area contributed by atoms with Crippen molar-refractivity contribution in [3.8, 4) is 5.88 Å². The van der Waals surface area contributed by atoms with E-state index >= 15 is 4.39 Å². The fourth-order valence-electron chi connectivity index (χ4n) is 6.31. The van der Waals surface area contributed by atoms with Crippen LogP contribution in [0.4, 0.5) is 25.4 Å². The van der Waals surface area contributed by atoms with E-state index in [1.54, 1.807) is 52.5 Å². The van der Waals surface area contributed by atoms with Crippen molar-refractivity contribution in [3.05, 3.63) is 30.0 Å². The standard InChI is InChI=1S/C30H38BrFIN5O7/c1-29(2,3)44-27(39)36-13-15-11-19(36)23(15)37(28(40)45-30(4,5)6)24-17-12-18(33)20(31)21(32)22(17)34-26(25(24)38(41)42)43-14-16-9-8-10-35(16)7/h12,15-16,19,23H,8-11,13-14H2,1-7H3/t15?,16-,19?,23?/m0/s1. The summed E-state index contributed by atoms with van der Waals surface area (Å²) in [5.41, 5.74) is -2.64. The van der Waals surface area contributed by atoms with Crippen LogP contribution < -0.4 is 9.64 Å². The zero-order valence-corrected chi connectivity index (χ0v) is 30.1. The van der Waals surface area contributed by atoms with Crippen molar-refractivity contribution in [3.63, 3.8) is 0 Å². The fourth-order valence-corrected chi connectivity index (χ4v) is 7.16. The quantitative estimate of drug-likeness (QED) is 0.133. The average molecular weight is 806 g/mol. The number of hydrogen-bond donors (Lipinski definition) is 0. The predicted octanol–water partition coefficient (Wildman–Crippen LogP) is 6.87. The second-order valence-electron chi connectivity index (χ2n) is 13.9. The van der Waals surface area contributed by atoms with Gasteiger partial charge in [-0.3, -0.25) is 15.0 Å². The van der Waals surface area contributed by atoms with Crippen LogP contribution >= 0.6 is 38.5 Å². The van der Waals surface area contributed by atoms with Gasteiger partial charge in [0.1, 0.15) is 29.0 Å². The van der Waals surface area contributed by atoms with E-state index < -0.39 is 51.9 Å².